The predicted octanol–water partition coefficient (Wildman–Crippen LogP) is 6.65. The quantitative estimate of drug-likeness (QED) is 0.0811. The van der Waals surface area contributed by atoms with Crippen molar-refractivity contribution in [3.8, 4) is 11.5 Å². The van der Waals surface area contributed by atoms with Crippen LogP contribution in [0, 0.1) is 0 Å². The second-order valence-corrected chi connectivity index (χ2v) is 9.19. The van der Waals surface area contributed by atoms with E-state index < -0.39 is 36.8 Å². The molecule has 0 aliphatic rings. The van der Waals surface area contributed by atoms with E-state index in [-0.39, 0.29) is 33.8 Å². The minimum atomic E-state index is -1.27. The number of carbonyl (C=O) groups excluding carboxylic acids is 2. The summed E-state index contributed by atoms with van der Waals surface area (Å²) < 4.78 is 40.6. The van der Waals surface area contributed by atoms with Crippen molar-refractivity contribution in [2.75, 3.05) is 13.2 Å². The molecule has 0 aliphatic carbocycles. The first-order valence-corrected chi connectivity index (χ1v) is 13.0. The molecular weight excluding hydrogens is 506 g/mol. The third-order valence-electron chi connectivity index (χ3n) is 5.98. The number of hydrogen-bond acceptors (Lipinski definition) is 6. The number of rotatable bonds is 16. The van der Waals surface area contributed by atoms with Crippen molar-refractivity contribution in [1.29, 1.82) is 0 Å². The molecule has 0 unspecified atom stereocenters. The molecule has 210 valence electrons. The first-order valence-electron chi connectivity index (χ1n) is 13.0. The van der Waals surface area contributed by atoms with Crippen molar-refractivity contribution in [3.63, 3.8) is 0 Å². The molecular formula is C31H36F2O6. The molecule has 0 atom stereocenters. The average molecular weight is 543 g/mol. The zero-order valence-corrected chi connectivity index (χ0v) is 22.3. The van der Waals surface area contributed by atoms with Crippen LogP contribution in [-0.4, -0.2) is 35.4 Å². The number of unbranched alkanes of at least 4 members (excludes halogenated alkanes) is 6. The normalized spacial score (nSPS) is 11.5. The van der Waals surface area contributed by atoms with Crippen LogP contribution in [0.25, 0.3) is 11.7 Å². The standard InChI is InChI=1S/C31H36F2O6/c1-4-5-6-7-8-9-10-11-23-12-14-24(15-13-23)28(32)29(33)25-16-26(38-30(36)21(2)19-34)18-27(17-25)39-31(37)22(3)20-35/h12-18,34-35H,2-11,19-20H2,1H3/b29-28+. The Morgan fingerprint density at radius 2 is 1.18 bits per heavy atom. The van der Waals surface area contributed by atoms with Crippen LogP contribution in [0.15, 0.2) is 66.8 Å². The highest BCUT2D eigenvalue weighted by Crippen LogP contribution is 2.34. The largest absolute Gasteiger partial charge is 0.423 e. The average Bonchev–Trinajstić information content (AvgIpc) is 2.95. The molecule has 0 heterocycles. The van der Waals surface area contributed by atoms with Gasteiger partial charge in [0.1, 0.15) is 11.5 Å². The number of carbonyl (C=O) groups is 2. The molecule has 0 aliphatic heterocycles. The third kappa shape index (κ3) is 10.2. The van der Waals surface area contributed by atoms with Crippen molar-refractivity contribution in [2.45, 2.75) is 58.3 Å². The van der Waals surface area contributed by atoms with E-state index >= 15 is 8.78 Å². The lowest BCUT2D eigenvalue weighted by Crippen LogP contribution is -2.14. The van der Waals surface area contributed by atoms with Crippen LogP contribution in [0.2, 0.25) is 0 Å². The summed E-state index contributed by atoms with van der Waals surface area (Å²) in [6.07, 6.45) is 9.15. The van der Waals surface area contributed by atoms with E-state index in [0.717, 1.165) is 43.0 Å². The van der Waals surface area contributed by atoms with Crippen LogP contribution >= 0.6 is 0 Å². The maximum absolute atomic E-state index is 15.3. The minimum Gasteiger partial charge on any atom is -0.423 e. The summed E-state index contributed by atoms with van der Waals surface area (Å²) >= 11 is 0. The molecule has 2 aromatic rings. The van der Waals surface area contributed by atoms with Crippen molar-refractivity contribution in [2.24, 2.45) is 0 Å². The first-order chi connectivity index (χ1) is 18.7. The summed E-state index contributed by atoms with van der Waals surface area (Å²) in [5.74, 6) is -5.00. The number of aryl methyl sites for hydroxylation is 1. The smallest absolute Gasteiger partial charge is 0.341 e. The lowest BCUT2D eigenvalue weighted by atomic mass is 10.0. The molecule has 0 saturated heterocycles. The fourth-order valence-corrected chi connectivity index (χ4v) is 3.66. The van der Waals surface area contributed by atoms with Crippen molar-refractivity contribution in [3.05, 3.63) is 83.5 Å². The van der Waals surface area contributed by atoms with E-state index in [1.807, 2.05) is 0 Å². The van der Waals surface area contributed by atoms with Gasteiger partial charge in [-0.2, -0.15) is 0 Å². The number of ether oxygens (including phenoxy) is 2. The second-order valence-electron chi connectivity index (χ2n) is 9.19. The summed E-state index contributed by atoms with van der Waals surface area (Å²) in [5.41, 5.74) is 0.130. The molecule has 0 spiro atoms. The summed E-state index contributed by atoms with van der Waals surface area (Å²) in [6.45, 7) is 7.55. The van der Waals surface area contributed by atoms with Crippen LogP contribution in [-0.2, 0) is 16.0 Å². The van der Waals surface area contributed by atoms with Gasteiger partial charge in [0, 0.05) is 17.2 Å². The van der Waals surface area contributed by atoms with Crippen LogP contribution in [0.1, 0.15) is 68.6 Å². The number of aliphatic hydroxyl groups is 2. The maximum Gasteiger partial charge on any atom is 0.341 e. The van der Waals surface area contributed by atoms with E-state index in [9.17, 15) is 9.59 Å². The zero-order chi connectivity index (χ0) is 28.8. The zero-order valence-electron chi connectivity index (χ0n) is 22.3. The van der Waals surface area contributed by atoms with Crippen molar-refractivity contribution in [1.82, 2.24) is 0 Å². The number of aliphatic hydroxyl groups excluding tert-OH is 2. The number of hydrogen-bond donors (Lipinski definition) is 2. The predicted molar refractivity (Wildman–Crippen MR) is 147 cm³/mol. The highest BCUT2D eigenvalue weighted by Gasteiger charge is 2.18. The van der Waals surface area contributed by atoms with Crippen LogP contribution < -0.4 is 9.47 Å². The van der Waals surface area contributed by atoms with Crippen molar-refractivity contribution < 1.29 is 38.1 Å². The molecule has 0 bridgehead atoms. The summed E-state index contributed by atoms with van der Waals surface area (Å²) in [6, 6.07) is 9.68. The van der Waals surface area contributed by atoms with Crippen LogP contribution in [0.4, 0.5) is 8.78 Å². The van der Waals surface area contributed by atoms with Gasteiger partial charge in [-0.3, -0.25) is 0 Å². The maximum atomic E-state index is 15.3. The second kappa shape index (κ2) is 16.4. The van der Waals surface area contributed by atoms with E-state index in [4.69, 9.17) is 19.7 Å². The lowest BCUT2D eigenvalue weighted by Gasteiger charge is -2.11. The third-order valence-corrected chi connectivity index (χ3v) is 5.98. The van der Waals surface area contributed by atoms with Crippen LogP contribution in [0.5, 0.6) is 11.5 Å². The van der Waals surface area contributed by atoms with Crippen LogP contribution in [0.3, 0.4) is 0 Å². The van der Waals surface area contributed by atoms with Gasteiger partial charge in [-0.1, -0.05) is 82.9 Å². The molecule has 2 rings (SSSR count). The van der Waals surface area contributed by atoms with Gasteiger partial charge in [0.2, 0.25) is 0 Å². The summed E-state index contributed by atoms with van der Waals surface area (Å²) in [5, 5.41) is 18.2. The molecule has 0 amide bonds. The van der Waals surface area contributed by atoms with Gasteiger partial charge in [-0.05, 0) is 30.5 Å². The molecule has 39 heavy (non-hydrogen) atoms. The Hall–Kier alpha value is -3.62. The molecule has 0 aromatic heterocycles. The molecule has 6 nitrogen and oxygen atoms in total. The Labute approximate surface area is 228 Å². The number of esters is 2. The minimum absolute atomic E-state index is 0.0130. The molecule has 0 fully saturated rings. The highest BCUT2D eigenvalue weighted by atomic mass is 19.2. The van der Waals surface area contributed by atoms with E-state index in [1.165, 1.54) is 44.2 Å². The Morgan fingerprint density at radius 3 is 1.67 bits per heavy atom. The Morgan fingerprint density at radius 1 is 0.718 bits per heavy atom. The van der Waals surface area contributed by atoms with Gasteiger partial charge in [0.25, 0.3) is 0 Å². The van der Waals surface area contributed by atoms with E-state index in [2.05, 4.69) is 20.1 Å². The number of benzene rings is 2. The fourth-order valence-electron chi connectivity index (χ4n) is 3.66. The fraction of sp³-hybridized carbons (Fsp3) is 0.355. The molecule has 2 aromatic carbocycles. The Kier molecular flexibility index (Phi) is 13.3. The van der Waals surface area contributed by atoms with Gasteiger partial charge in [-0.25, -0.2) is 18.4 Å². The summed E-state index contributed by atoms with van der Waals surface area (Å²) in [7, 11) is 0. The Bertz CT molecular complexity index is 1140. The van der Waals surface area contributed by atoms with Gasteiger partial charge in [-0.15, -0.1) is 0 Å². The highest BCUT2D eigenvalue weighted by molar-refractivity contribution is 5.91. The van der Waals surface area contributed by atoms with Gasteiger partial charge >= 0.3 is 11.9 Å². The first kappa shape index (κ1) is 31.6. The van der Waals surface area contributed by atoms with E-state index in [0.29, 0.717) is 0 Å². The van der Waals surface area contributed by atoms with Crippen molar-refractivity contribution >= 4 is 23.6 Å². The van der Waals surface area contributed by atoms with Gasteiger partial charge in [0.15, 0.2) is 11.7 Å². The molecule has 2 N–H and O–H groups in total. The lowest BCUT2D eigenvalue weighted by molar-refractivity contribution is -0.131. The molecule has 0 saturated carbocycles. The topological polar surface area (TPSA) is 93.1 Å². The SMILES string of the molecule is C=C(CO)C(=O)Oc1cc(OC(=O)C(=C)CO)cc(/C(F)=C(\F)c2ccc(CCCCCCCCC)cc2)c1. The molecule has 8 heteroatoms. The molecule has 0 radical (unpaired) electrons. The summed E-state index contributed by atoms with van der Waals surface area (Å²) in [4.78, 5) is 24.1. The van der Waals surface area contributed by atoms with Gasteiger partial charge < -0.3 is 19.7 Å². The van der Waals surface area contributed by atoms with Gasteiger partial charge in [0.05, 0.1) is 24.4 Å². The monoisotopic (exact) mass is 542 g/mol. The van der Waals surface area contributed by atoms with E-state index in [1.54, 1.807) is 12.1 Å². The number of halogens is 2. The Balaban J connectivity index is 2.23.